The van der Waals surface area contributed by atoms with Crippen molar-refractivity contribution in [3.8, 4) is 0 Å². The van der Waals surface area contributed by atoms with Gasteiger partial charge in [0.05, 0.1) is 22.2 Å². The van der Waals surface area contributed by atoms with Gasteiger partial charge in [-0.2, -0.15) is 0 Å². The van der Waals surface area contributed by atoms with Crippen LogP contribution in [0.3, 0.4) is 0 Å². The first kappa shape index (κ1) is 20.9. The minimum absolute atomic E-state index is 0.00157. The van der Waals surface area contributed by atoms with E-state index in [1.54, 1.807) is 42.5 Å². The largest absolute Gasteiger partial charge is 0.461 e. The first-order chi connectivity index (χ1) is 15.4. The molecule has 3 aliphatic rings. The van der Waals surface area contributed by atoms with Crippen LogP contribution < -0.4 is 5.32 Å². The number of esters is 2. The van der Waals surface area contributed by atoms with Crippen molar-refractivity contribution >= 4 is 45.2 Å². The Morgan fingerprint density at radius 3 is 2.44 bits per heavy atom. The highest BCUT2D eigenvalue weighted by molar-refractivity contribution is 9.09. The number of Topliss-reactive ketones (excluding diaryl/α,β-unsaturated/α-hetero) is 1. The summed E-state index contributed by atoms with van der Waals surface area (Å²) in [7, 11) is 0. The second kappa shape index (κ2) is 8.16. The van der Waals surface area contributed by atoms with Crippen LogP contribution >= 0.6 is 15.9 Å². The molecule has 6 atom stereocenters. The zero-order valence-corrected chi connectivity index (χ0v) is 18.5. The summed E-state index contributed by atoms with van der Waals surface area (Å²) in [6.07, 6.45) is 0.683. The molecule has 2 saturated carbocycles. The third-order valence-corrected chi connectivity index (χ3v) is 7.84. The van der Waals surface area contributed by atoms with E-state index >= 15 is 0 Å². The van der Waals surface area contributed by atoms with Crippen molar-refractivity contribution in [3.63, 3.8) is 0 Å². The number of hydrogen-bond acceptors (Lipinski definition) is 6. The maximum Gasteiger partial charge on any atom is 0.338 e. The Bertz CT molecular complexity index is 1090. The van der Waals surface area contributed by atoms with Crippen molar-refractivity contribution in [3.05, 3.63) is 65.7 Å². The van der Waals surface area contributed by atoms with Crippen molar-refractivity contribution < 1.29 is 28.7 Å². The molecule has 0 aromatic heterocycles. The van der Waals surface area contributed by atoms with Gasteiger partial charge in [-0.25, -0.2) is 4.79 Å². The Morgan fingerprint density at radius 1 is 1.00 bits per heavy atom. The molecule has 1 N–H and O–H groups in total. The molecule has 164 valence electrons. The van der Waals surface area contributed by atoms with Crippen LogP contribution in [-0.2, 0) is 19.1 Å². The lowest BCUT2D eigenvalue weighted by Crippen LogP contribution is -2.40. The topological polar surface area (TPSA) is 98.8 Å². The maximum absolute atomic E-state index is 12.9. The molecule has 7 nitrogen and oxygen atoms in total. The minimum atomic E-state index is -0.623. The van der Waals surface area contributed by atoms with Crippen molar-refractivity contribution in [2.45, 2.75) is 17.4 Å². The van der Waals surface area contributed by atoms with Gasteiger partial charge in [0.25, 0.3) is 0 Å². The van der Waals surface area contributed by atoms with Gasteiger partial charge in [0.2, 0.25) is 5.91 Å². The van der Waals surface area contributed by atoms with Crippen molar-refractivity contribution in [1.82, 2.24) is 0 Å². The second-order valence-electron chi connectivity index (χ2n) is 8.39. The number of benzene rings is 2. The standard InChI is InChI=1S/C24H20BrNO6/c25-20-15-10-16-19(24(30)32-21(16)20)18(15)22(28)26-14-8-6-13(7-9-14)23(29)31-11-17(27)12-4-2-1-3-5-12/h1-9,15-16,18-21H,10-11H2,(H,26,28)/t15-,16-,18-,19-,20+,21+/m1/s1. The number of ether oxygens (including phenoxy) is 2. The minimum Gasteiger partial charge on any atom is -0.461 e. The van der Waals surface area contributed by atoms with Crippen LogP contribution in [-0.4, -0.2) is 41.2 Å². The van der Waals surface area contributed by atoms with Crippen LogP contribution in [0.1, 0.15) is 27.1 Å². The highest BCUT2D eigenvalue weighted by atomic mass is 79.9. The summed E-state index contributed by atoms with van der Waals surface area (Å²) in [5, 5.41) is 2.86. The number of nitrogens with one attached hydrogen (secondary N) is 1. The van der Waals surface area contributed by atoms with E-state index in [0.29, 0.717) is 11.3 Å². The van der Waals surface area contributed by atoms with E-state index in [2.05, 4.69) is 21.2 Å². The average molecular weight is 498 g/mol. The summed E-state index contributed by atoms with van der Waals surface area (Å²) in [5.41, 5.74) is 1.26. The normalized spacial score (nSPS) is 29.5. The number of carbonyl (C=O) groups excluding carboxylic acids is 4. The number of fused-ring (bicyclic) bond motifs is 1. The zero-order valence-electron chi connectivity index (χ0n) is 16.9. The van der Waals surface area contributed by atoms with Crippen LogP contribution in [0.5, 0.6) is 0 Å². The number of amides is 1. The molecule has 1 aliphatic heterocycles. The monoisotopic (exact) mass is 497 g/mol. The highest BCUT2D eigenvalue weighted by Crippen LogP contribution is 2.60. The molecule has 5 rings (SSSR count). The summed E-state index contributed by atoms with van der Waals surface area (Å²) < 4.78 is 10.6. The lowest BCUT2D eigenvalue weighted by molar-refractivity contribution is -0.145. The number of rotatable bonds is 6. The Kier molecular flexibility index (Phi) is 5.33. The lowest BCUT2D eigenvalue weighted by atomic mass is 9.79. The SMILES string of the molecule is O=C(COC(=O)c1ccc(NC(=O)[C@@H]2[C@H]3C[C@H]4[C@H](OC(=O)[C@H]42)[C@H]3Br)cc1)c1ccccc1. The maximum atomic E-state index is 12.9. The first-order valence-corrected chi connectivity index (χ1v) is 11.4. The zero-order chi connectivity index (χ0) is 22.4. The number of anilines is 1. The first-order valence-electron chi connectivity index (χ1n) is 10.4. The number of carbonyl (C=O) groups is 4. The second-order valence-corrected chi connectivity index (χ2v) is 9.45. The Balaban J connectivity index is 1.19. The predicted molar refractivity (Wildman–Crippen MR) is 117 cm³/mol. The van der Waals surface area contributed by atoms with Crippen molar-refractivity contribution in [2.24, 2.45) is 23.7 Å². The Labute approximate surface area is 192 Å². The summed E-state index contributed by atoms with van der Waals surface area (Å²) in [6, 6.07) is 14.9. The van der Waals surface area contributed by atoms with Gasteiger partial charge in [-0.15, -0.1) is 0 Å². The Morgan fingerprint density at radius 2 is 1.72 bits per heavy atom. The number of hydrogen-bond donors (Lipinski definition) is 1. The van der Waals surface area contributed by atoms with Gasteiger partial charge in [-0.05, 0) is 36.6 Å². The van der Waals surface area contributed by atoms with E-state index in [4.69, 9.17) is 9.47 Å². The summed E-state index contributed by atoms with van der Waals surface area (Å²) in [5.74, 6) is -2.05. The fourth-order valence-corrected chi connectivity index (χ4v) is 6.21. The van der Waals surface area contributed by atoms with Gasteiger partial charge in [0.15, 0.2) is 12.4 Å². The molecule has 0 spiro atoms. The van der Waals surface area contributed by atoms with E-state index < -0.39 is 11.9 Å². The molecule has 0 unspecified atom stereocenters. The molecule has 2 aromatic rings. The van der Waals surface area contributed by atoms with Crippen LogP contribution in [0.15, 0.2) is 54.6 Å². The third-order valence-electron chi connectivity index (χ3n) is 6.64. The lowest BCUT2D eigenvalue weighted by Gasteiger charge is -2.27. The molecule has 3 fully saturated rings. The summed E-state index contributed by atoms with van der Waals surface area (Å²) in [4.78, 5) is 49.5. The van der Waals surface area contributed by atoms with Gasteiger partial charge >= 0.3 is 11.9 Å². The van der Waals surface area contributed by atoms with Gasteiger partial charge < -0.3 is 14.8 Å². The van der Waals surface area contributed by atoms with Crippen molar-refractivity contribution in [2.75, 3.05) is 11.9 Å². The number of alkyl halides is 1. The van der Waals surface area contributed by atoms with E-state index in [-0.39, 0.29) is 58.5 Å². The molecule has 2 aromatic carbocycles. The predicted octanol–water partition coefficient (Wildman–Crippen LogP) is 3.24. The number of halogens is 1. The molecular weight excluding hydrogens is 478 g/mol. The Hall–Kier alpha value is -3.00. The van der Waals surface area contributed by atoms with Crippen LogP contribution in [0.4, 0.5) is 5.69 Å². The van der Waals surface area contributed by atoms with E-state index in [9.17, 15) is 19.2 Å². The van der Waals surface area contributed by atoms with Crippen LogP contribution in [0, 0.1) is 23.7 Å². The van der Waals surface area contributed by atoms with Gasteiger partial charge in [0.1, 0.15) is 6.10 Å². The third kappa shape index (κ3) is 3.52. The van der Waals surface area contributed by atoms with Crippen LogP contribution in [0.2, 0.25) is 0 Å². The molecular formula is C24H20BrNO6. The molecule has 1 amide bonds. The highest BCUT2D eigenvalue weighted by Gasteiger charge is 2.67. The summed E-state index contributed by atoms with van der Waals surface area (Å²) >= 11 is 3.60. The smallest absolute Gasteiger partial charge is 0.338 e. The quantitative estimate of drug-likeness (QED) is 0.373. The number of ketones is 1. The van der Waals surface area contributed by atoms with Gasteiger partial charge in [0, 0.05) is 17.2 Å². The molecule has 2 bridgehead atoms. The molecule has 1 saturated heterocycles. The average Bonchev–Trinajstić information content (AvgIpc) is 3.42. The van der Waals surface area contributed by atoms with Crippen molar-refractivity contribution in [1.29, 1.82) is 0 Å². The van der Waals surface area contributed by atoms with Gasteiger partial charge in [-0.1, -0.05) is 46.3 Å². The summed E-state index contributed by atoms with van der Waals surface area (Å²) in [6.45, 7) is -0.349. The fraction of sp³-hybridized carbons (Fsp3) is 0.333. The van der Waals surface area contributed by atoms with E-state index in [1.165, 1.54) is 12.1 Å². The van der Waals surface area contributed by atoms with Gasteiger partial charge in [-0.3, -0.25) is 14.4 Å². The van der Waals surface area contributed by atoms with E-state index in [1.807, 2.05) is 0 Å². The molecule has 0 radical (unpaired) electrons. The molecule has 8 heteroatoms. The molecule has 2 aliphatic carbocycles. The fourth-order valence-electron chi connectivity index (χ4n) is 5.17. The molecule has 1 heterocycles. The molecule has 32 heavy (non-hydrogen) atoms. The van der Waals surface area contributed by atoms with Crippen LogP contribution in [0.25, 0.3) is 0 Å². The van der Waals surface area contributed by atoms with E-state index in [0.717, 1.165) is 6.42 Å².